The van der Waals surface area contributed by atoms with E-state index in [2.05, 4.69) is 26.2 Å². The third kappa shape index (κ3) is 2.58. The molecule has 0 saturated carbocycles. The molecule has 0 aliphatic heterocycles. The summed E-state index contributed by atoms with van der Waals surface area (Å²) < 4.78 is 14.3. The maximum Gasteiger partial charge on any atom is 0.165 e. The van der Waals surface area contributed by atoms with Gasteiger partial charge >= 0.3 is 0 Å². The van der Waals surface area contributed by atoms with Gasteiger partial charge in [0.15, 0.2) is 11.6 Å². The van der Waals surface area contributed by atoms with E-state index in [0.29, 0.717) is 6.54 Å². The number of hydrogen-bond donors (Lipinski definition) is 1. The highest BCUT2D eigenvalue weighted by molar-refractivity contribution is 9.10. The monoisotopic (exact) mass is 280 g/mol. The molecule has 82 valence electrons. The van der Waals surface area contributed by atoms with Gasteiger partial charge in [0.2, 0.25) is 0 Å². The number of nitrogens with zero attached hydrogens (tertiary/aromatic N) is 1. The number of rotatable bonds is 3. The van der Waals surface area contributed by atoms with Crippen molar-refractivity contribution in [1.29, 1.82) is 0 Å². The van der Waals surface area contributed by atoms with Crippen LogP contribution in [0.15, 0.2) is 47.1 Å². The van der Waals surface area contributed by atoms with E-state index >= 15 is 0 Å². The molecular weight excluding hydrogens is 271 g/mol. The minimum Gasteiger partial charge on any atom is -0.364 e. The van der Waals surface area contributed by atoms with Crippen LogP contribution in [-0.2, 0) is 6.54 Å². The highest BCUT2D eigenvalue weighted by Crippen LogP contribution is 2.17. The van der Waals surface area contributed by atoms with E-state index in [1.807, 2.05) is 24.3 Å². The molecule has 0 aliphatic rings. The van der Waals surface area contributed by atoms with Crippen molar-refractivity contribution in [2.24, 2.45) is 0 Å². The molecule has 0 saturated heterocycles. The second-order valence-corrected chi connectivity index (χ2v) is 4.13. The summed E-state index contributed by atoms with van der Waals surface area (Å²) in [5.74, 6) is -0.0622. The molecule has 2 nitrogen and oxygen atoms in total. The predicted octanol–water partition coefficient (Wildman–Crippen LogP) is 3.60. The summed E-state index contributed by atoms with van der Waals surface area (Å²) in [5.41, 5.74) is 1.06. The molecule has 0 fully saturated rings. The van der Waals surface area contributed by atoms with Crippen molar-refractivity contribution in [3.63, 3.8) is 0 Å². The van der Waals surface area contributed by atoms with Gasteiger partial charge in [0.1, 0.15) is 0 Å². The molecule has 0 unspecified atom stereocenters. The maximum atomic E-state index is 13.3. The zero-order chi connectivity index (χ0) is 11.4. The molecule has 1 aromatic carbocycles. The second-order valence-electron chi connectivity index (χ2n) is 3.28. The van der Waals surface area contributed by atoms with Crippen molar-refractivity contribution < 1.29 is 4.39 Å². The molecule has 0 atom stereocenters. The first-order valence-corrected chi connectivity index (χ1v) is 5.64. The molecule has 1 N–H and O–H groups in total. The molecule has 4 heteroatoms. The van der Waals surface area contributed by atoms with E-state index in [0.717, 1.165) is 10.0 Å². The molecule has 0 radical (unpaired) electrons. The lowest BCUT2D eigenvalue weighted by molar-refractivity contribution is 0.624. The van der Waals surface area contributed by atoms with E-state index in [-0.39, 0.29) is 11.6 Å². The molecule has 0 spiro atoms. The summed E-state index contributed by atoms with van der Waals surface area (Å²) in [6, 6.07) is 10.8. The van der Waals surface area contributed by atoms with Crippen LogP contribution < -0.4 is 5.32 Å². The van der Waals surface area contributed by atoms with Crippen LogP contribution in [0.5, 0.6) is 0 Å². The van der Waals surface area contributed by atoms with Gasteiger partial charge in [0.25, 0.3) is 0 Å². The van der Waals surface area contributed by atoms with Crippen LogP contribution in [0.2, 0.25) is 0 Å². The van der Waals surface area contributed by atoms with E-state index in [1.165, 1.54) is 6.07 Å². The Balaban J connectivity index is 2.09. The third-order valence-electron chi connectivity index (χ3n) is 2.16. The fourth-order valence-electron chi connectivity index (χ4n) is 1.34. The molecule has 2 aromatic rings. The van der Waals surface area contributed by atoms with Crippen LogP contribution in [0, 0.1) is 5.82 Å². The van der Waals surface area contributed by atoms with Crippen LogP contribution in [0.1, 0.15) is 5.56 Å². The highest BCUT2D eigenvalue weighted by atomic mass is 79.9. The van der Waals surface area contributed by atoms with E-state index < -0.39 is 0 Å². The van der Waals surface area contributed by atoms with Gasteiger partial charge in [-0.05, 0) is 23.8 Å². The first-order chi connectivity index (χ1) is 7.77. The van der Waals surface area contributed by atoms with Crippen molar-refractivity contribution in [1.82, 2.24) is 4.98 Å². The zero-order valence-electron chi connectivity index (χ0n) is 8.45. The van der Waals surface area contributed by atoms with Gasteiger partial charge in [-0.2, -0.15) is 0 Å². The molecule has 2 rings (SSSR count). The lowest BCUT2D eigenvalue weighted by Crippen LogP contribution is -2.03. The van der Waals surface area contributed by atoms with Crippen LogP contribution in [0.25, 0.3) is 0 Å². The van der Waals surface area contributed by atoms with Crippen molar-refractivity contribution >= 4 is 21.7 Å². The standard InChI is InChI=1S/C12H10BrFN2/c13-10-5-2-1-4-9(10)8-16-12-11(14)6-3-7-15-12/h1-7H,8H2,(H,15,16). The number of benzene rings is 1. The van der Waals surface area contributed by atoms with Gasteiger partial charge in [0, 0.05) is 17.2 Å². The van der Waals surface area contributed by atoms with Gasteiger partial charge in [0.05, 0.1) is 0 Å². The quantitative estimate of drug-likeness (QED) is 0.929. The smallest absolute Gasteiger partial charge is 0.165 e. The Bertz CT molecular complexity index is 442. The lowest BCUT2D eigenvalue weighted by atomic mass is 10.2. The number of halogens is 2. The van der Waals surface area contributed by atoms with Gasteiger partial charge in [-0.1, -0.05) is 34.1 Å². The number of nitrogens with one attached hydrogen (secondary N) is 1. The second kappa shape index (κ2) is 5.07. The van der Waals surface area contributed by atoms with Crippen molar-refractivity contribution in [3.05, 3.63) is 58.4 Å². The van der Waals surface area contributed by atoms with Crippen LogP contribution in [-0.4, -0.2) is 4.98 Å². The van der Waals surface area contributed by atoms with E-state index in [9.17, 15) is 4.39 Å². The van der Waals surface area contributed by atoms with Crippen molar-refractivity contribution in [3.8, 4) is 0 Å². The number of aromatic nitrogens is 1. The Morgan fingerprint density at radius 1 is 1.19 bits per heavy atom. The summed E-state index contributed by atoms with van der Waals surface area (Å²) >= 11 is 3.43. The summed E-state index contributed by atoms with van der Waals surface area (Å²) in [7, 11) is 0. The Labute approximate surface area is 102 Å². The molecule has 16 heavy (non-hydrogen) atoms. The Kier molecular flexibility index (Phi) is 3.51. The van der Waals surface area contributed by atoms with Crippen LogP contribution in [0.4, 0.5) is 10.2 Å². The van der Waals surface area contributed by atoms with Gasteiger partial charge in [-0.15, -0.1) is 0 Å². The van der Waals surface area contributed by atoms with Crippen molar-refractivity contribution in [2.75, 3.05) is 5.32 Å². The molecule has 1 aromatic heterocycles. The van der Waals surface area contributed by atoms with Crippen molar-refractivity contribution in [2.45, 2.75) is 6.54 Å². The summed E-state index contributed by atoms with van der Waals surface area (Å²) in [6.45, 7) is 0.537. The van der Waals surface area contributed by atoms with Crippen LogP contribution >= 0.6 is 15.9 Å². The average Bonchev–Trinajstić information content (AvgIpc) is 2.30. The van der Waals surface area contributed by atoms with Gasteiger partial charge < -0.3 is 5.32 Å². The minimum absolute atomic E-state index is 0.276. The Morgan fingerprint density at radius 3 is 2.75 bits per heavy atom. The molecule has 0 aliphatic carbocycles. The van der Waals surface area contributed by atoms with Crippen LogP contribution in [0.3, 0.4) is 0 Å². The highest BCUT2D eigenvalue weighted by Gasteiger charge is 2.02. The Hall–Kier alpha value is -1.42. The lowest BCUT2D eigenvalue weighted by Gasteiger charge is -2.07. The predicted molar refractivity (Wildman–Crippen MR) is 65.7 cm³/mol. The topological polar surface area (TPSA) is 24.9 Å². The van der Waals surface area contributed by atoms with Gasteiger partial charge in [-0.3, -0.25) is 0 Å². The SMILES string of the molecule is Fc1cccnc1NCc1ccccc1Br. The summed E-state index contributed by atoms with van der Waals surface area (Å²) in [6.07, 6.45) is 1.56. The van der Waals surface area contributed by atoms with E-state index in [1.54, 1.807) is 12.3 Å². The zero-order valence-corrected chi connectivity index (χ0v) is 10.0. The molecule has 0 bridgehead atoms. The maximum absolute atomic E-state index is 13.3. The fraction of sp³-hybridized carbons (Fsp3) is 0.0833. The molecule has 1 heterocycles. The largest absolute Gasteiger partial charge is 0.364 e. The number of pyridine rings is 1. The normalized spacial score (nSPS) is 10.1. The third-order valence-corrected chi connectivity index (χ3v) is 2.94. The Morgan fingerprint density at radius 2 is 2.00 bits per heavy atom. The summed E-state index contributed by atoms with van der Waals surface area (Å²) in [4.78, 5) is 3.92. The van der Waals surface area contributed by atoms with E-state index in [4.69, 9.17) is 0 Å². The molecule has 0 amide bonds. The first-order valence-electron chi connectivity index (χ1n) is 4.85. The number of anilines is 1. The minimum atomic E-state index is -0.338. The average molecular weight is 281 g/mol. The first kappa shape index (κ1) is 11.1. The van der Waals surface area contributed by atoms with Gasteiger partial charge in [-0.25, -0.2) is 9.37 Å². The summed E-state index contributed by atoms with van der Waals surface area (Å²) in [5, 5.41) is 2.95. The fourth-order valence-corrected chi connectivity index (χ4v) is 1.76. The molecular formula is C12H10BrFN2. The number of hydrogen-bond acceptors (Lipinski definition) is 2.